The molecule has 0 aliphatic heterocycles. The number of aryl methyl sites for hydroxylation is 3. The van der Waals surface area contributed by atoms with E-state index in [1.165, 1.54) is 6.07 Å². The number of halogens is 1. The minimum absolute atomic E-state index is 0.207. The van der Waals surface area contributed by atoms with Crippen LogP contribution in [0.25, 0.3) is 5.69 Å². The summed E-state index contributed by atoms with van der Waals surface area (Å²) in [5.41, 5.74) is 3.32. The van der Waals surface area contributed by atoms with E-state index in [1.807, 2.05) is 58.9 Å². The van der Waals surface area contributed by atoms with Crippen LogP contribution in [0.4, 0.5) is 9.18 Å². The van der Waals surface area contributed by atoms with Gasteiger partial charge in [0.05, 0.1) is 12.6 Å². The zero-order valence-electron chi connectivity index (χ0n) is 24.9. The molecule has 1 N–H and O–H groups in total. The Morgan fingerprint density at radius 3 is 2.52 bits per heavy atom. The van der Waals surface area contributed by atoms with Crippen molar-refractivity contribution in [2.24, 2.45) is 18.0 Å². The lowest BCUT2D eigenvalue weighted by Gasteiger charge is -2.20. The monoisotopic (exact) mass is 572 g/mol. The molecule has 220 valence electrons. The number of amides is 2. The van der Waals surface area contributed by atoms with Crippen LogP contribution in [0.5, 0.6) is 0 Å². The van der Waals surface area contributed by atoms with Crippen LogP contribution in [0, 0.1) is 25.6 Å². The van der Waals surface area contributed by atoms with Crippen LogP contribution in [0.1, 0.15) is 72.5 Å². The number of carbonyl (C=O) groups excluding carboxylic acids is 2. The van der Waals surface area contributed by atoms with E-state index in [0.29, 0.717) is 29.2 Å². The van der Waals surface area contributed by atoms with Crippen LogP contribution >= 0.6 is 0 Å². The topological polar surface area (TPSA) is 95.4 Å². The van der Waals surface area contributed by atoms with Crippen LogP contribution in [0.3, 0.4) is 0 Å². The number of hydrogen-bond acceptors (Lipinski definition) is 4. The van der Waals surface area contributed by atoms with Gasteiger partial charge >= 0.3 is 6.09 Å². The van der Waals surface area contributed by atoms with E-state index in [-0.39, 0.29) is 17.8 Å². The minimum Gasteiger partial charge on any atom is -0.442 e. The lowest BCUT2D eigenvalue weighted by molar-refractivity contribution is 0.0593. The van der Waals surface area contributed by atoms with Gasteiger partial charge in [0.1, 0.15) is 17.2 Å². The summed E-state index contributed by atoms with van der Waals surface area (Å²) >= 11 is 0. The standard InChI is InChI=1S/C32H37FN6O3/c1-20-15-24(9-10-27(20)33)28(23-7-8-23)35-29(40)25-16-22(17-26(18-25)39-12-11-34-21(39)2)19-38-14-13-37(6)30(38)36-31(41)42-32(3,4)5/h9-18,23,28H,7-8,19H2,1-6H3,(H,35,40)/t28-/m0/s1. The number of aromatic nitrogens is 4. The van der Waals surface area contributed by atoms with Crippen LogP contribution < -0.4 is 10.9 Å². The summed E-state index contributed by atoms with van der Waals surface area (Å²) in [6.45, 7) is 9.37. The van der Waals surface area contributed by atoms with Crippen LogP contribution in [-0.2, 0) is 18.3 Å². The molecule has 1 fully saturated rings. The van der Waals surface area contributed by atoms with Crippen molar-refractivity contribution in [3.63, 3.8) is 0 Å². The Morgan fingerprint density at radius 1 is 1.12 bits per heavy atom. The summed E-state index contributed by atoms with van der Waals surface area (Å²) < 4.78 is 24.9. The summed E-state index contributed by atoms with van der Waals surface area (Å²) in [5, 5.41) is 3.22. The molecule has 2 heterocycles. The smallest absolute Gasteiger partial charge is 0.437 e. The van der Waals surface area contributed by atoms with Crippen molar-refractivity contribution in [1.29, 1.82) is 0 Å². The van der Waals surface area contributed by atoms with Gasteiger partial charge in [-0.3, -0.25) is 4.79 Å². The van der Waals surface area contributed by atoms with Crippen molar-refractivity contribution in [3.8, 4) is 5.69 Å². The zero-order valence-corrected chi connectivity index (χ0v) is 24.9. The van der Waals surface area contributed by atoms with Crippen molar-refractivity contribution >= 4 is 12.0 Å². The van der Waals surface area contributed by atoms with Gasteiger partial charge in [-0.15, -0.1) is 4.99 Å². The van der Waals surface area contributed by atoms with Crippen LogP contribution in [0.15, 0.2) is 66.2 Å². The van der Waals surface area contributed by atoms with E-state index in [9.17, 15) is 14.0 Å². The fraction of sp³-hybridized carbons (Fsp3) is 0.375. The van der Waals surface area contributed by atoms with Gasteiger partial charge in [0.2, 0.25) is 5.62 Å². The molecule has 2 aromatic heterocycles. The predicted octanol–water partition coefficient (Wildman–Crippen LogP) is 5.53. The van der Waals surface area contributed by atoms with Gasteiger partial charge in [-0.1, -0.05) is 12.1 Å². The van der Waals surface area contributed by atoms with Gasteiger partial charge < -0.3 is 23.8 Å². The number of rotatable bonds is 7. The van der Waals surface area contributed by atoms with E-state index >= 15 is 0 Å². The van der Waals surface area contributed by atoms with Crippen molar-refractivity contribution < 1.29 is 18.7 Å². The Hall–Kier alpha value is -4.47. The molecular formula is C32H37FN6O3. The predicted molar refractivity (Wildman–Crippen MR) is 157 cm³/mol. The highest BCUT2D eigenvalue weighted by Crippen LogP contribution is 2.41. The molecule has 2 aromatic carbocycles. The molecule has 0 radical (unpaired) electrons. The highest BCUT2D eigenvalue weighted by atomic mass is 19.1. The van der Waals surface area contributed by atoms with Crippen LogP contribution in [0.2, 0.25) is 0 Å². The third-order valence-corrected chi connectivity index (χ3v) is 7.25. The highest BCUT2D eigenvalue weighted by Gasteiger charge is 2.34. The summed E-state index contributed by atoms with van der Waals surface area (Å²) in [4.78, 5) is 34.8. The SMILES string of the molecule is Cc1cc([C@@H](NC(=O)c2cc(Cn3ccn(C)c3=NC(=O)OC(C)(C)C)cc(-n3ccnc3C)c2)C2CC2)ccc1F. The number of nitrogens with one attached hydrogen (secondary N) is 1. The first kappa shape index (κ1) is 29.0. The summed E-state index contributed by atoms with van der Waals surface area (Å²) in [6.07, 6.45) is 8.55. The first-order valence-corrected chi connectivity index (χ1v) is 14.1. The van der Waals surface area contributed by atoms with Gasteiger partial charge in [0.25, 0.3) is 5.91 Å². The molecule has 42 heavy (non-hydrogen) atoms. The number of ether oxygens (including phenoxy) is 1. The normalized spacial score (nSPS) is 14.6. The summed E-state index contributed by atoms with van der Waals surface area (Å²) in [6, 6.07) is 10.5. The second-order valence-corrected chi connectivity index (χ2v) is 12.0. The summed E-state index contributed by atoms with van der Waals surface area (Å²) in [7, 11) is 1.80. The molecule has 10 heteroatoms. The molecule has 4 aromatic rings. The van der Waals surface area contributed by atoms with E-state index in [2.05, 4.69) is 15.3 Å². The van der Waals surface area contributed by atoms with Crippen molar-refractivity contribution in [2.45, 2.75) is 65.6 Å². The highest BCUT2D eigenvalue weighted by molar-refractivity contribution is 5.95. The molecule has 1 atom stereocenters. The Balaban J connectivity index is 1.50. The van der Waals surface area contributed by atoms with Gasteiger partial charge in [0, 0.05) is 43.1 Å². The minimum atomic E-state index is -0.678. The Labute approximate surface area is 244 Å². The first-order valence-electron chi connectivity index (χ1n) is 14.1. The molecule has 9 nitrogen and oxygen atoms in total. The molecule has 0 spiro atoms. The molecular weight excluding hydrogens is 535 g/mol. The molecule has 0 saturated heterocycles. The Morgan fingerprint density at radius 2 is 1.88 bits per heavy atom. The van der Waals surface area contributed by atoms with E-state index < -0.39 is 11.7 Å². The molecule has 1 aliphatic carbocycles. The van der Waals surface area contributed by atoms with Gasteiger partial charge in [-0.05, 0) is 94.3 Å². The zero-order chi connectivity index (χ0) is 30.2. The molecule has 1 aliphatic rings. The molecule has 2 amide bonds. The Bertz CT molecular complexity index is 1700. The summed E-state index contributed by atoms with van der Waals surface area (Å²) in [5.74, 6) is 0.619. The lowest BCUT2D eigenvalue weighted by atomic mass is 9.99. The third-order valence-electron chi connectivity index (χ3n) is 7.25. The van der Waals surface area contributed by atoms with Gasteiger partial charge in [0.15, 0.2) is 0 Å². The fourth-order valence-corrected chi connectivity index (χ4v) is 5.02. The third kappa shape index (κ3) is 6.70. The average molecular weight is 573 g/mol. The van der Waals surface area contributed by atoms with Crippen molar-refractivity contribution in [1.82, 2.24) is 24.0 Å². The number of hydrogen-bond donors (Lipinski definition) is 1. The maximum atomic E-state index is 14.0. The van der Waals surface area contributed by atoms with E-state index in [0.717, 1.165) is 35.5 Å². The number of imidazole rings is 2. The maximum absolute atomic E-state index is 14.0. The molecule has 1 saturated carbocycles. The van der Waals surface area contributed by atoms with Crippen molar-refractivity contribution in [2.75, 3.05) is 0 Å². The number of nitrogens with zero attached hydrogens (tertiary/aromatic N) is 5. The van der Waals surface area contributed by atoms with Crippen LogP contribution in [-0.4, -0.2) is 36.3 Å². The maximum Gasteiger partial charge on any atom is 0.437 e. The second-order valence-electron chi connectivity index (χ2n) is 12.0. The largest absolute Gasteiger partial charge is 0.442 e. The second kappa shape index (κ2) is 11.4. The van der Waals surface area contributed by atoms with Gasteiger partial charge in [-0.25, -0.2) is 14.2 Å². The lowest BCUT2D eigenvalue weighted by Crippen LogP contribution is -2.30. The van der Waals surface area contributed by atoms with E-state index in [1.54, 1.807) is 51.6 Å². The first-order chi connectivity index (χ1) is 19.9. The molecule has 5 rings (SSSR count). The fourth-order valence-electron chi connectivity index (χ4n) is 5.02. The number of carbonyl (C=O) groups is 2. The molecule has 0 unspecified atom stereocenters. The van der Waals surface area contributed by atoms with E-state index in [4.69, 9.17) is 4.74 Å². The average Bonchev–Trinajstić information content (AvgIpc) is 3.59. The van der Waals surface area contributed by atoms with Gasteiger partial charge in [-0.2, -0.15) is 0 Å². The van der Waals surface area contributed by atoms with Crippen molar-refractivity contribution in [3.05, 3.63) is 101 Å². The Kier molecular flexibility index (Phi) is 7.90. The molecule has 0 bridgehead atoms. The number of benzene rings is 2. The quantitative estimate of drug-likeness (QED) is 0.315.